The summed E-state index contributed by atoms with van der Waals surface area (Å²) in [5.41, 5.74) is 1.06. The van der Waals surface area contributed by atoms with E-state index in [9.17, 15) is 13.2 Å². The maximum Gasteiger partial charge on any atom is 0.251 e. The van der Waals surface area contributed by atoms with Crippen LogP contribution in [0.25, 0.3) is 0 Å². The highest BCUT2D eigenvalue weighted by Crippen LogP contribution is 2.24. The van der Waals surface area contributed by atoms with Crippen LogP contribution in [0.4, 0.5) is 5.69 Å². The lowest BCUT2D eigenvalue weighted by Gasteiger charge is -2.28. The van der Waals surface area contributed by atoms with E-state index in [1.165, 1.54) is 17.1 Å². The summed E-state index contributed by atoms with van der Waals surface area (Å²) in [5, 5.41) is 2.89. The van der Waals surface area contributed by atoms with Gasteiger partial charge in [0.2, 0.25) is 10.0 Å². The summed E-state index contributed by atoms with van der Waals surface area (Å²) >= 11 is 0. The first kappa shape index (κ1) is 19.2. The minimum atomic E-state index is -3.27. The zero-order valence-corrected chi connectivity index (χ0v) is 16.0. The third kappa shape index (κ3) is 4.98. The maximum atomic E-state index is 12.3. The van der Waals surface area contributed by atoms with Crippen molar-refractivity contribution < 1.29 is 17.9 Å². The number of ether oxygens (including phenoxy) is 1. The number of sulfonamides is 1. The molecule has 0 radical (unpaired) electrons. The highest BCUT2D eigenvalue weighted by molar-refractivity contribution is 7.92. The van der Waals surface area contributed by atoms with Crippen LogP contribution in [0, 0.1) is 0 Å². The molecule has 1 saturated carbocycles. The van der Waals surface area contributed by atoms with E-state index in [-0.39, 0.29) is 11.7 Å². The van der Waals surface area contributed by atoms with Crippen molar-refractivity contribution in [2.45, 2.75) is 51.0 Å². The van der Waals surface area contributed by atoms with Crippen LogP contribution in [-0.2, 0) is 14.8 Å². The second kappa shape index (κ2) is 8.86. The van der Waals surface area contributed by atoms with Crippen LogP contribution in [0.15, 0.2) is 24.3 Å². The Kier molecular flexibility index (Phi) is 6.53. The molecule has 1 aromatic rings. The van der Waals surface area contributed by atoms with Gasteiger partial charge in [0.05, 0.1) is 17.5 Å². The highest BCUT2D eigenvalue weighted by Gasteiger charge is 2.26. The zero-order chi connectivity index (χ0) is 18.4. The molecule has 1 amide bonds. The van der Waals surface area contributed by atoms with Crippen LogP contribution in [0.5, 0.6) is 0 Å². The smallest absolute Gasteiger partial charge is 0.251 e. The predicted octanol–water partition coefficient (Wildman–Crippen LogP) is 2.70. The average molecular weight is 381 g/mol. The van der Waals surface area contributed by atoms with Gasteiger partial charge in [0.1, 0.15) is 0 Å². The van der Waals surface area contributed by atoms with Gasteiger partial charge in [0.25, 0.3) is 5.91 Å². The molecule has 7 heteroatoms. The molecule has 3 rings (SSSR count). The molecule has 1 N–H and O–H groups in total. The van der Waals surface area contributed by atoms with Crippen LogP contribution < -0.4 is 9.62 Å². The molecular weight excluding hydrogens is 352 g/mol. The van der Waals surface area contributed by atoms with Crippen molar-refractivity contribution in [3.05, 3.63) is 29.8 Å². The van der Waals surface area contributed by atoms with Crippen molar-refractivity contribution in [1.82, 2.24) is 5.32 Å². The van der Waals surface area contributed by atoms with Gasteiger partial charge < -0.3 is 10.1 Å². The first-order chi connectivity index (χ1) is 12.6. The molecule has 2 fully saturated rings. The fourth-order valence-corrected chi connectivity index (χ4v) is 5.19. The molecule has 0 spiro atoms. The Morgan fingerprint density at radius 1 is 1.19 bits per heavy atom. The molecule has 2 aliphatic rings. The number of hydrogen-bond donors (Lipinski definition) is 1. The first-order valence-corrected chi connectivity index (χ1v) is 11.2. The molecule has 1 heterocycles. The third-order valence-corrected chi connectivity index (χ3v) is 6.88. The number of carbonyl (C=O) groups is 1. The number of benzene rings is 1. The summed E-state index contributed by atoms with van der Waals surface area (Å²) in [5.74, 6) is -0.00754. The van der Waals surface area contributed by atoms with Gasteiger partial charge in [-0.05, 0) is 50.3 Å². The SMILES string of the molecule is O=C(NCCCOC1CCCC1)c1cccc(N2CCCCS2(=O)=O)c1. The molecule has 0 atom stereocenters. The summed E-state index contributed by atoms with van der Waals surface area (Å²) in [6.07, 6.45) is 7.53. The van der Waals surface area contributed by atoms with Crippen molar-refractivity contribution in [3.8, 4) is 0 Å². The molecule has 144 valence electrons. The van der Waals surface area contributed by atoms with E-state index in [2.05, 4.69) is 5.32 Å². The van der Waals surface area contributed by atoms with Crippen LogP contribution in [0.3, 0.4) is 0 Å². The summed E-state index contributed by atoms with van der Waals surface area (Å²) in [6, 6.07) is 6.85. The van der Waals surface area contributed by atoms with E-state index in [0.717, 1.165) is 25.7 Å². The van der Waals surface area contributed by atoms with E-state index in [1.54, 1.807) is 24.3 Å². The van der Waals surface area contributed by atoms with E-state index >= 15 is 0 Å². The van der Waals surface area contributed by atoms with Crippen LogP contribution in [0.2, 0.25) is 0 Å². The second-order valence-corrected chi connectivity index (χ2v) is 9.05. The number of anilines is 1. The van der Waals surface area contributed by atoms with Gasteiger partial charge in [-0.3, -0.25) is 9.10 Å². The Bertz CT molecular complexity index is 714. The lowest BCUT2D eigenvalue weighted by atomic mass is 10.2. The van der Waals surface area contributed by atoms with Crippen molar-refractivity contribution in [2.24, 2.45) is 0 Å². The zero-order valence-electron chi connectivity index (χ0n) is 15.2. The number of amides is 1. The maximum absolute atomic E-state index is 12.3. The lowest BCUT2D eigenvalue weighted by molar-refractivity contribution is 0.0565. The quantitative estimate of drug-likeness (QED) is 0.738. The van der Waals surface area contributed by atoms with E-state index in [1.807, 2.05) is 0 Å². The third-order valence-electron chi connectivity index (χ3n) is 5.01. The van der Waals surface area contributed by atoms with Gasteiger partial charge in [-0.1, -0.05) is 18.9 Å². The van der Waals surface area contributed by atoms with Gasteiger partial charge in [-0.25, -0.2) is 8.42 Å². The number of hydrogen-bond acceptors (Lipinski definition) is 4. The summed E-state index contributed by atoms with van der Waals surface area (Å²) in [6.45, 7) is 1.70. The molecule has 1 aliphatic carbocycles. The largest absolute Gasteiger partial charge is 0.378 e. The highest BCUT2D eigenvalue weighted by atomic mass is 32.2. The normalized spacial score (nSPS) is 20.2. The van der Waals surface area contributed by atoms with E-state index in [0.29, 0.717) is 43.5 Å². The monoisotopic (exact) mass is 380 g/mol. The van der Waals surface area contributed by atoms with Crippen molar-refractivity contribution in [1.29, 1.82) is 0 Å². The van der Waals surface area contributed by atoms with Crippen LogP contribution in [0.1, 0.15) is 55.3 Å². The Hall–Kier alpha value is -1.60. The van der Waals surface area contributed by atoms with Crippen molar-refractivity contribution in [3.63, 3.8) is 0 Å². The van der Waals surface area contributed by atoms with Gasteiger partial charge in [0, 0.05) is 25.3 Å². The number of nitrogens with zero attached hydrogens (tertiary/aromatic N) is 1. The fraction of sp³-hybridized carbons (Fsp3) is 0.632. The molecule has 1 aromatic carbocycles. The lowest BCUT2D eigenvalue weighted by Crippen LogP contribution is -2.38. The van der Waals surface area contributed by atoms with E-state index < -0.39 is 10.0 Å². The van der Waals surface area contributed by atoms with Crippen molar-refractivity contribution >= 4 is 21.6 Å². The summed E-state index contributed by atoms with van der Waals surface area (Å²) in [4.78, 5) is 12.3. The summed E-state index contributed by atoms with van der Waals surface area (Å²) in [7, 11) is -3.27. The minimum Gasteiger partial charge on any atom is -0.378 e. The average Bonchev–Trinajstić information content (AvgIpc) is 3.14. The standard InChI is InChI=1S/C19H28N2O4S/c22-19(20-11-6-13-25-18-9-1-2-10-18)16-7-5-8-17(15-16)21-12-3-4-14-26(21,23)24/h5,7-8,15,18H,1-4,6,9-14H2,(H,20,22). The molecule has 1 saturated heterocycles. The Morgan fingerprint density at radius 3 is 2.77 bits per heavy atom. The van der Waals surface area contributed by atoms with Gasteiger partial charge in [-0.15, -0.1) is 0 Å². The number of rotatable bonds is 7. The van der Waals surface area contributed by atoms with Gasteiger partial charge in [0.15, 0.2) is 0 Å². The van der Waals surface area contributed by atoms with Crippen molar-refractivity contribution in [2.75, 3.05) is 29.8 Å². The second-order valence-electron chi connectivity index (χ2n) is 7.03. The minimum absolute atomic E-state index is 0.171. The predicted molar refractivity (Wildman–Crippen MR) is 102 cm³/mol. The van der Waals surface area contributed by atoms with Gasteiger partial charge >= 0.3 is 0 Å². The molecule has 26 heavy (non-hydrogen) atoms. The van der Waals surface area contributed by atoms with Crippen LogP contribution in [-0.4, -0.2) is 45.9 Å². The molecule has 0 unspecified atom stereocenters. The van der Waals surface area contributed by atoms with E-state index in [4.69, 9.17) is 4.74 Å². The Morgan fingerprint density at radius 2 is 2.00 bits per heavy atom. The molecule has 0 aromatic heterocycles. The topological polar surface area (TPSA) is 75.7 Å². The Labute approximate surface area is 156 Å². The van der Waals surface area contributed by atoms with Crippen LogP contribution >= 0.6 is 0 Å². The fourth-order valence-electron chi connectivity index (χ4n) is 3.56. The summed E-state index contributed by atoms with van der Waals surface area (Å²) < 4.78 is 31.7. The van der Waals surface area contributed by atoms with Gasteiger partial charge in [-0.2, -0.15) is 0 Å². The Balaban J connectivity index is 1.50. The molecule has 1 aliphatic heterocycles. The first-order valence-electron chi connectivity index (χ1n) is 9.56. The molecule has 0 bridgehead atoms. The molecular formula is C19H28N2O4S. The number of nitrogens with one attached hydrogen (secondary N) is 1. The number of carbonyl (C=O) groups excluding carboxylic acids is 1. The molecule has 6 nitrogen and oxygen atoms in total.